The molecule has 0 radical (unpaired) electrons. The minimum Gasteiger partial charge on any atom is -0.0760 e. The van der Waals surface area contributed by atoms with Gasteiger partial charge in [0.25, 0.3) is 0 Å². The maximum Gasteiger partial charge on any atom is 0.0161 e. The van der Waals surface area contributed by atoms with Gasteiger partial charge in [-0.05, 0) is 29.1 Å². The van der Waals surface area contributed by atoms with Gasteiger partial charge in [0.15, 0.2) is 0 Å². The van der Waals surface area contributed by atoms with Gasteiger partial charge in [0.2, 0.25) is 0 Å². The van der Waals surface area contributed by atoms with Crippen molar-refractivity contribution in [3.8, 4) is 0 Å². The fraction of sp³-hybridized carbons (Fsp3) is 0.455. The van der Waals surface area contributed by atoms with Crippen LogP contribution in [0, 0.1) is 11.8 Å². The van der Waals surface area contributed by atoms with Crippen LogP contribution in [0.5, 0.6) is 0 Å². The van der Waals surface area contributed by atoms with Crippen LogP contribution in [-0.4, -0.2) is 0 Å². The minimum absolute atomic E-state index is 0.884. The molecule has 0 aromatic rings. The lowest BCUT2D eigenvalue weighted by molar-refractivity contribution is 0.395. The molecule has 2 atom stereocenters. The fourth-order valence-corrected chi connectivity index (χ4v) is 2.50. The van der Waals surface area contributed by atoms with Crippen molar-refractivity contribution in [2.75, 3.05) is 0 Å². The predicted octanol–water partition coefficient (Wildman–Crippen LogP) is 2.84. The molecule has 0 heteroatoms. The molecule has 56 valence electrons. The largest absolute Gasteiger partial charge is 0.0760 e. The van der Waals surface area contributed by atoms with Crippen LogP contribution >= 0.6 is 0 Å². The molecule has 3 rings (SSSR count). The Hall–Kier alpha value is -0.780. The van der Waals surface area contributed by atoms with E-state index < -0.39 is 0 Å². The van der Waals surface area contributed by atoms with Crippen molar-refractivity contribution in [1.82, 2.24) is 0 Å². The lowest BCUT2D eigenvalue weighted by Crippen LogP contribution is -2.38. The van der Waals surface area contributed by atoms with Crippen LogP contribution < -0.4 is 0 Å². The Kier molecular flexibility index (Phi) is 0.892. The first kappa shape index (κ1) is 5.82. The van der Waals surface area contributed by atoms with Gasteiger partial charge in [0.05, 0.1) is 0 Å². The fourth-order valence-electron chi connectivity index (χ4n) is 2.50. The van der Waals surface area contributed by atoms with Gasteiger partial charge in [-0.3, -0.25) is 0 Å². The lowest BCUT2D eigenvalue weighted by atomic mass is 9.54. The van der Waals surface area contributed by atoms with Crippen LogP contribution in [0.25, 0.3) is 0 Å². The monoisotopic (exact) mass is 144 g/mol. The Labute approximate surface area is 67.3 Å². The van der Waals surface area contributed by atoms with Crippen LogP contribution in [0.15, 0.2) is 34.9 Å². The summed E-state index contributed by atoms with van der Waals surface area (Å²) in [5, 5.41) is 0. The summed E-state index contributed by atoms with van der Waals surface area (Å²) in [5.41, 5.74) is 4.88. The summed E-state index contributed by atoms with van der Waals surface area (Å²) in [7, 11) is 0. The van der Waals surface area contributed by atoms with Crippen LogP contribution in [-0.2, 0) is 0 Å². The van der Waals surface area contributed by atoms with Crippen molar-refractivity contribution in [1.29, 1.82) is 0 Å². The predicted molar refractivity (Wildman–Crippen MR) is 46.1 cm³/mol. The molecule has 2 unspecified atom stereocenters. The van der Waals surface area contributed by atoms with Crippen molar-refractivity contribution in [3.63, 3.8) is 0 Å². The Balaban J connectivity index is 1.80. The van der Waals surface area contributed by atoms with Gasteiger partial charge in [0, 0.05) is 5.92 Å². The molecule has 0 N–H and O–H groups in total. The summed E-state index contributed by atoms with van der Waals surface area (Å²) in [6.45, 7) is 2.27. The molecule has 0 fully saturated rings. The Morgan fingerprint density at radius 1 is 1.36 bits per heavy atom. The van der Waals surface area contributed by atoms with Gasteiger partial charge in [-0.15, -0.1) is 0 Å². The van der Waals surface area contributed by atoms with Gasteiger partial charge < -0.3 is 0 Å². The van der Waals surface area contributed by atoms with Crippen molar-refractivity contribution >= 4 is 0 Å². The molecule has 0 heterocycles. The number of fused-ring (bicyclic) bond motifs is 3. The summed E-state index contributed by atoms with van der Waals surface area (Å²) in [6, 6.07) is 0. The first-order chi connectivity index (χ1) is 5.42. The van der Waals surface area contributed by atoms with Gasteiger partial charge in [0.1, 0.15) is 0 Å². The van der Waals surface area contributed by atoms with E-state index in [-0.39, 0.29) is 0 Å². The first-order valence-electron chi connectivity index (χ1n) is 4.56. The third-order valence-electron chi connectivity index (χ3n) is 3.17. The van der Waals surface area contributed by atoms with E-state index in [0.29, 0.717) is 0 Å². The van der Waals surface area contributed by atoms with E-state index in [1.54, 1.807) is 16.7 Å². The highest BCUT2D eigenvalue weighted by molar-refractivity contribution is 5.72. The maximum atomic E-state index is 2.47. The Morgan fingerprint density at radius 3 is 2.82 bits per heavy atom. The van der Waals surface area contributed by atoms with Crippen LogP contribution in [0.1, 0.15) is 19.8 Å². The molecular formula is C11H12. The van der Waals surface area contributed by atoms with Crippen LogP contribution in [0.3, 0.4) is 0 Å². The number of hydrogen-bond donors (Lipinski definition) is 0. The number of hydrogen-bond acceptors (Lipinski definition) is 0. The van der Waals surface area contributed by atoms with Crippen molar-refractivity contribution in [2.24, 2.45) is 11.8 Å². The van der Waals surface area contributed by atoms with Gasteiger partial charge in [-0.1, -0.05) is 31.6 Å². The molecular weight excluding hydrogens is 132 g/mol. The zero-order chi connectivity index (χ0) is 7.42. The smallest absolute Gasteiger partial charge is 0.0161 e. The zero-order valence-corrected chi connectivity index (χ0v) is 6.80. The minimum atomic E-state index is 0.884. The highest BCUT2D eigenvalue weighted by Crippen LogP contribution is 2.58. The maximum absolute atomic E-state index is 2.47. The van der Waals surface area contributed by atoms with Gasteiger partial charge in [-0.2, -0.15) is 0 Å². The SMILES string of the molecule is CCCC1C=C2C3=C(C=C3)C21. The van der Waals surface area contributed by atoms with E-state index in [1.807, 2.05) is 0 Å². The molecule has 0 saturated heterocycles. The number of rotatable bonds is 2. The molecule has 3 aliphatic rings. The third-order valence-corrected chi connectivity index (χ3v) is 3.17. The molecule has 0 aromatic carbocycles. The standard InChI is InChI=1S/C11H12/c1-2-3-7-6-10-8-4-5-9(8)11(7)10/h4-7,11H,2-3H2,1H3. The molecule has 0 amide bonds. The summed E-state index contributed by atoms with van der Waals surface area (Å²) < 4.78 is 0. The van der Waals surface area contributed by atoms with Gasteiger partial charge >= 0.3 is 0 Å². The average molecular weight is 144 g/mol. The second-order valence-corrected chi connectivity index (χ2v) is 3.75. The van der Waals surface area contributed by atoms with E-state index in [9.17, 15) is 0 Å². The van der Waals surface area contributed by atoms with E-state index >= 15 is 0 Å². The highest BCUT2D eigenvalue weighted by Gasteiger charge is 2.46. The highest BCUT2D eigenvalue weighted by atomic mass is 14.5. The second-order valence-electron chi connectivity index (χ2n) is 3.75. The summed E-state index contributed by atoms with van der Waals surface area (Å²) >= 11 is 0. The van der Waals surface area contributed by atoms with Crippen molar-refractivity contribution in [2.45, 2.75) is 19.8 Å². The van der Waals surface area contributed by atoms with Crippen LogP contribution in [0.2, 0.25) is 0 Å². The molecule has 0 saturated carbocycles. The molecule has 0 bridgehead atoms. The Morgan fingerprint density at radius 2 is 2.27 bits per heavy atom. The van der Waals surface area contributed by atoms with E-state index in [4.69, 9.17) is 0 Å². The molecule has 0 aromatic heterocycles. The lowest BCUT2D eigenvalue weighted by Gasteiger charge is -2.50. The summed E-state index contributed by atoms with van der Waals surface area (Å²) in [6.07, 6.45) is 9.73. The Bertz CT molecular complexity index is 302. The van der Waals surface area contributed by atoms with E-state index in [1.165, 1.54) is 12.8 Å². The van der Waals surface area contributed by atoms with Gasteiger partial charge in [-0.25, -0.2) is 0 Å². The molecule has 0 aliphatic heterocycles. The van der Waals surface area contributed by atoms with Crippen LogP contribution in [0.4, 0.5) is 0 Å². The third kappa shape index (κ3) is 0.493. The molecule has 0 nitrogen and oxygen atoms in total. The average Bonchev–Trinajstić information content (AvgIpc) is 1.96. The topological polar surface area (TPSA) is 0 Å². The molecule has 11 heavy (non-hydrogen) atoms. The quantitative estimate of drug-likeness (QED) is 0.559. The molecule has 0 spiro atoms. The normalized spacial score (nSPS) is 36.3. The first-order valence-corrected chi connectivity index (χ1v) is 4.56. The molecule has 3 aliphatic carbocycles. The number of allylic oxidation sites excluding steroid dienone is 6. The summed E-state index contributed by atoms with van der Waals surface area (Å²) in [4.78, 5) is 0. The van der Waals surface area contributed by atoms with E-state index in [0.717, 1.165) is 11.8 Å². The van der Waals surface area contributed by atoms with E-state index in [2.05, 4.69) is 25.2 Å². The second kappa shape index (κ2) is 1.69. The van der Waals surface area contributed by atoms with Crippen molar-refractivity contribution in [3.05, 3.63) is 34.9 Å². The van der Waals surface area contributed by atoms with Crippen molar-refractivity contribution < 1.29 is 0 Å². The zero-order valence-electron chi connectivity index (χ0n) is 6.80. The summed E-state index contributed by atoms with van der Waals surface area (Å²) in [5.74, 6) is 1.79.